The van der Waals surface area contributed by atoms with Crippen LogP contribution in [0.3, 0.4) is 0 Å². The first-order valence-corrected chi connectivity index (χ1v) is 6.18. The van der Waals surface area contributed by atoms with Gasteiger partial charge in [-0.15, -0.1) is 0 Å². The normalized spacial score (nSPS) is 12.8. The van der Waals surface area contributed by atoms with E-state index in [1.54, 1.807) is 12.5 Å². The van der Waals surface area contributed by atoms with E-state index >= 15 is 0 Å². The lowest BCUT2D eigenvalue weighted by Gasteiger charge is -2.00. The quantitative estimate of drug-likeness (QED) is 0.874. The molecule has 1 heterocycles. The topological polar surface area (TPSA) is 68.9 Å². The number of hydrogen-bond donors (Lipinski definition) is 1. The van der Waals surface area contributed by atoms with Crippen LogP contribution in [0.4, 0.5) is 5.82 Å². The molecule has 0 fully saturated rings. The highest BCUT2D eigenvalue weighted by Gasteiger charge is 2.01. The fraction of sp³-hybridized carbons (Fsp3) is 0.429. The van der Waals surface area contributed by atoms with Gasteiger partial charge in [-0.05, 0) is 15.9 Å². The maximum absolute atomic E-state index is 10.8. The van der Waals surface area contributed by atoms with E-state index in [1.807, 2.05) is 0 Å². The van der Waals surface area contributed by atoms with Crippen LogP contribution in [-0.4, -0.2) is 26.2 Å². The Morgan fingerprint density at radius 3 is 2.92 bits per heavy atom. The van der Waals surface area contributed by atoms with E-state index in [1.165, 1.54) is 0 Å². The minimum Gasteiger partial charge on any atom is -0.381 e. The molecule has 1 aromatic rings. The van der Waals surface area contributed by atoms with Crippen LogP contribution >= 0.6 is 15.9 Å². The Morgan fingerprint density at radius 2 is 2.38 bits per heavy atom. The maximum Gasteiger partial charge on any atom is 0.156 e. The predicted octanol–water partition coefficient (Wildman–Crippen LogP) is 0.742. The third-order valence-corrected chi connectivity index (χ3v) is 2.81. The maximum atomic E-state index is 10.8. The van der Waals surface area contributed by atoms with E-state index in [0.717, 1.165) is 5.69 Å². The van der Waals surface area contributed by atoms with E-state index in [4.69, 9.17) is 5.73 Å². The molecule has 0 amide bonds. The largest absolute Gasteiger partial charge is 0.381 e. The zero-order chi connectivity index (χ0) is 9.84. The first-order chi connectivity index (χ1) is 6.09. The molecule has 1 rings (SSSR count). The van der Waals surface area contributed by atoms with Gasteiger partial charge in [0.1, 0.15) is 4.60 Å². The van der Waals surface area contributed by atoms with Crippen molar-refractivity contribution in [3.8, 4) is 0 Å². The fourth-order valence-corrected chi connectivity index (χ4v) is 1.61. The van der Waals surface area contributed by atoms with Crippen LogP contribution in [-0.2, 0) is 17.2 Å². The molecule has 72 valence electrons. The second kappa shape index (κ2) is 4.66. The zero-order valence-corrected chi connectivity index (χ0v) is 9.56. The molecule has 1 atom stereocenters. The van der Waals surface area contributed by atoms with Gasteiger partial charge in [0.2, 0.25) is 0 Å². The number of hydrogen-bond acceptors (Lipinski definition) is 4. The van der Waals surface area contributed by atoms with Crippen molar-refractivity contribution >= 4 is 32.5 Å². The average molecular weight is 264 g/mol. The molecule has 0 saturated heterocycles. The molecular weight excluding hydrogens is 254 g/mol. The second-order valence-corrected chi connectivity index (χ2v) is 4.87. The first kappa shape index (κ1) is 10.6. The summed E-state index contributed by atoms with van der Waals surface area (Å²) in [5.74, 6) is 0.978. The molecule has 0 bridgehead atoms. The molecule has 0 spiro atoms. The molecule has 1 aromatic heterocycles. The number of nitrogen functional groups attached to an aromatic ring is 1. The van der Waals surface area contributed by atoms with E-state index < -0.39 is 10.8 Å². The number of anilines is 1. The molecule has 6 heteroatoms. The van der Waals surface area contributed by atoms with Crippen molar-refractivity contribution in [1.29, 1.82) is 0 Å². The highest BCUT2D eigenvalue weighted by Crippen LogP contribution is 2.13. The summed E-state index contributed by atoms with van der Waals surface area (Å²) in [6.45, 7) is 0. The molecule has 1 unspecified atom stereocenters. The molecular formula is C7H10BrN3OS. The van der Waals surface area contributed by atoms with Crippen molar-refractivity contribution in [2.24, 2.45) is 0 Å². The number of nitrogens with two attached hydrogens (primary N) is 1. The van der Waals surface area contributed by atoms with Gasteiger partial charge < -0.3 is 5.73 Å². The number of aromatic nitrogens is 2. The summed E-state index contributed by atoms with van der Waals surface area (Å²) in [4.78, 5) is 8.07. The number of nitrogens with zero attached hydrogens (tertiary/aromatic N) is 2. The molecule has 0 radical (unpaired) electrons. The van der Waals surface area contributed by atoms with Crippen molar-refractivity contribution in [2.75, 3.05) is 17.7 Å². The summed E-state index contributed by atoms with van der Waals surface area (Å²) in [5.41, 5.74) is 6.27. The summed E-state index contributed by atoms with van der Waals surface area (Å²) in [7, 11) is -0.792. The summed E-state index contributed by atoms with van der Waals surface area (Å²) in [6.07, 6.45) is 3.93. The Bertz CT molecular complexity index is 332. The van der Waals surface area contributed by atoms with Crippen LogP contribution in [0, 0.1) is 0 Å². The Hall–Kier alpha value is -0.490. The van der Waals surface area contributed by atoms with Crippen molar-refractivity contribution < 1.29 is 4.21 Å². The van der Waals surface area contributed by atoms with Gasteiger partial charge in [0.25, 0.3) is 0 Å². The number of rotatable bonds is 3. The van der Waals surface area contributed by atoms with Gasteiger partial charge in [-0.25, -0.2) is 9.97 Å². The third-order valence-electron chi connectivity index (χ3n) is 1.45. The van der Waals surface area contributed by atoms with Crippen LogP contribution in [0.2, 0.25) is 0 Å². The fourth-order valence-electron chi connectivity index (χ4n) is 0.778. The van der Waals surface area contributed by atoms with Gasteiger partial charge >= 0.3 is 0 Å². The Balaban J connectivity index is 2.68. The SMILES string of the molecule is CS(=O)CCc1cnc(N)c(Br)n1. The van der Waals surface area contributed by atoms with Crippen molar-refractivity contribution in [3.05, 3.63) is 16.5 Å². The number of halogens is 1. The standard InChI is InChI=1S/C7H10BrN3OS/c1-13(12)3-2-5-4-10-7(9)6(8)11-5/h4H,2-3H2,1H3,(H2,9,10). The molecule has 13 heavy (non-hydrogen) atoms. The van der Waals surface area contributed by atoms with E-state index in [-0.39, 0.29) is 0 Å². The molecule has 4 nitrogen and oxygen atoms in total. The smallest absolute Gasteiger partial charge is 0.156 e. The third kappa shape index (κ3) is 3.40. The second-order valence-electron chi connectivity index (χ2n) is 2.56. The highest BCUT2D eigenvalue weighted by molar-refractivity contribution is 9.10. The summed E-state index contributed by atoms with van der Waals surface area (Å²) in [6, 6.07) is 0. The van der Waals surface area contributed by atoms with Crippen LogP contribution in [0.15, 0.2) is 10.8 Å². The Kier molecular flexibility index (Phi) is 3.80. The predicted molar refractivity (Wildman–Crippen MR) is 56.8 cm³/mol. The number of aryl methyl sites for hydroxylation is 1. The molecule has 0 aliphatic heterocycles. The monoisotopic (exact) mass is 263 g/mol. The van der Waals surface area contributed by atoms with E-state index in [9.17, 15) is 4.21 Å². The van der Waals surface area contributed by atoms with Gasteiger partial charge in [0, 0.05) is 29.2 Å². The van der Waals surface area contributed by atoms with Crippen LogP contribution in [0.1, 0.15) is 5.69 Å². The highest BCUT2D eigenvalue weighted by atomic mass is 79.9. The lowest BCUT2D eigenvalue weighted by atomic mass is 10.3. The van der Waals surface area contributed by atoms with Gasteiger partial charge in [-0.3, -0.25) is 4.21 Å². The van der Waals surface area contributed by atoms with Crippen molar-refractivity contribution in [1.82, 2.24) is 9.97 Å². The van der Waals surface area contributed by atoms with E-state index in [0.29, 0.717) is 22.6 Å². The zero-order valence-electron chi connectivity index (χ0n) is 7.16. The minimum atomic E-state index is -0.792. The lowest BCUT2D eigenvalue weighted by molar-refractivity contribution is 0.685. The van der Waals surface area contributed by atoms with Gasteiger partial charge in [-0.2, -0.15) is 0 Å². The van der Waals surface area contributed by atoms with Gasteiger partial charge in [0.15, 0.2) is 5.82 Å². The molecule has 0 saturated carbocycles. The van der Waals surface area contributed by atoms with Crippen molar-refractivity contribution in [2.45, 2.75) is 6.42 Å². The Morgan fingerprint density at radius 1 is 1.69 bits per heavy atom. The van der Waals surface area contributed by atoms with Gasteiger partial charge in [0.05, 0.1) is 11.9 Å². The first-order valence-electron chi connectivity index (χ1n) is 3.66. The minimum absolute atomic E-state index is 0.376. The van der Waals surface area contributed by atoms with Crippen LogP contribution in [0.25, 0.3) is 0 Å². The van der Waals surface area contributed by atoms with Crippen LogP contribution < -0.4 is 5.73 Å². The molecule has 0 aliphatic rings. The van der Waals surface area contributed by atoms with Crippen molar-refractivity contribution in [3.63, 3.8) is 0 Å². The van der Waals surface area contributed by atoms with Crippen LogP contribution in [0.5, 0.6) is 0 Å². The van der Waals surface area contributed by atoms with E-state index in [2.05, 4.69) is 25.9 Å². The summed E-state index contributed by atoms with van der Waals surface area (Å²) < 4.78 is 11.3. The molecule has 0 aliphatic carbocycles. The molecule has 0 aromatic carbocycles. The van der Waals surface area contributed by atoms with Gasteiger partial charge in [-0.1, -0.05) is 0 Å². The average Bonchev–Trinajstić information content (AvgIpc) is 2.07. The lowest BCUT2D eigenvalue weighted by Crippen LogP contribution is -2.03. The summed E-state index contributed by atoms with van der Waals surface area (Å²) >= 11 is 3.18. The summed E-state index contributed by atoms with van der Waals surface area (Å²) in [5, 5.41) is 0. The Labute approximate surface area is 87.5 Å². The molecule has 2 N–H and O–H groups in total.